The van der Waals surface area contributed by atoms with Crippen molar-refractivity contribution in [3.05, 3.63) is 109 Å². The van der Waals surface area contributed by atoms with E-state index in [4.69, 9.17) is 0 Å². The highest BCUT2D eigenvalue weighted by atomic mass is 19.1. The molecule has 1 aliphatic carbocycles. The third-order valence-corrected chi connectivity index (χ3v) is 5.40. The van der Waals surface area contributed by atoms with Crippen LogP contribution in [0, 0.1) is 11.8 Å². The highest BCUT2D eigenvalue weighted by Crippen LogP contribution is 2.33. The third-order valence-electron chi connectivity index (χ3n) is 5.40. The van der Waals surface area contributed by atoms with Gasteiger partial charge in [-0.3, -0.25) is 0 Å². The molecule has 0 saturated heterocycles. The van der Waals surface area contributed by atoms with Crippen molar-refractivity contribution in [3.8, 4) is 0 Å². The van der Waals surface area contributed by atoms with Gasteiger partial charge in [0, 0.05) is 5.57 Å². The van der Waals surface area contributed by atoms with Crippen LogP contribution < -0.4 is 0 Å². The first-order chi connectivity index (χ1) is 13.1. The van der Waals surface area contributed by atoms with Crippen molar-refractivity contribution in [2.45, 2.75) is 46.0 Å². The molecule has 0 unspecified atom stereocenters. The quantitative estimate of drug-likeness (QED) is 0.334. The van der Waals surface area contributed by atoms with Crippen molar-refractivity contribution < 1.29 is 4.39 Å². The number of hydrogen-bond donors (Lipinski definition) is 0. The topological polar surface area (TPSA) is 0 Å². The molecule has 0 radical (unpaired) electrons. The van der Waals surface area contributed by atoms with Gasteiger partial charge in [-0.2, -0.15) is 0 Å². The number of allylic oxidation sites excluding steroid dienone is 12. The Morgan fingerprint density at radius 3 is 1.96 bits per heavy atom. The summed E-state index contributed by atoms with van der Waals surface area (Å²) in [4.78, 5) is 0. The Kier molecular flexibility index (Phi) is 9.65. The summed E-state index contributed by atoms with van der Waals surface area (Å²) in [7, 11) is 0. The fourth-order valence-electron chi connectivity index (χ4n) is 3.00. The van der Waals surface area contributed by atoms with Gasteiger partial charge < -0.3 is 0 Å². The lowest BCUT2D eigenvalue weighted by Crippen LogP contribution is -2.13. The van der Waals surface area contributed by atoms with Crippen molar-refractivity contribution in [1.29, 1.82) is 0 Å². The van der Waals surface area contributed by atoms with E-state index in [1.807, 2.05) is 25.2 Å². The Morgan fingerprint density at radius 1 is 0.821 bits per heavy atom. The zero-order chi connectivity index (χ0) is 21.3. The average Bonchev–Trinajstić information content (AvgIpc) is 2.69. The lowest BCUT2D eigenvalue weighted by atomic mass is 9.79. The second kappa shape index (κ2) is 11.4. The summed E-state index contributed by atoms with van der Waals surface area (Å²) in [6, 6.07) is 0. The molecule has 1 rings (SSSR count). The molecule has 0 bridgehead atoms. The second-order valence-electron chi connectivity index (χ2n) is 7.76. The summed E-state index contributed by atoms with van der Waals surface area (Å²) in [6.07, 6.45) is 14.5. The smallest absolute Gasteiger partial charge is 0.131 e. The Hall–Kier alpha value is -2.41. The summed E-state index contributed by atoms with van der Waals surface area (Å²) in [5, 5.41) is 0. The minimum absolute atomic E-state index is 0.235. The first-order valence-electron chi connectivity index (χ1n) is 10.0. The van der Waals surface area contributed by atoms with Gasteiger partial charge in [0.25, 0.3) is 0 Å². The van der Waals surface area contributed by atoms with Crippen LogP contribution in [-0.4, -0.2) is 0 Å². The predicted octanol–water partition coefficient (Wildman–Crippen LogP) is 8.53. The molecule has 0 aromatic heterocycles. The van der Waals surface area contributed by atoms with Gasteiger partial charge in [0.05, 0.1) is 0 Å². The van der Waals surface area contributed by atoms with E-state index in [-0.39, 0.29) is 5.57 Å². The van der Waals surface area contributed by atoms with Gasteiger partial charge in [-0.05, 0) is 53.9 Å². The van der Waals surface area contributed by atoms with E-state index in [2.05, 4.69) is 46.4 Å². The Morgan fingerprint density at radius 2 is 1.39 bits per heavy atom. The van der Waals surface area contributed by atoms with Gasteiger partial charge in [0.1, 0.15) is 5.83 Å². The molecule has 1 heteroatoms. The van der Waals surface area contributed by atoms with Crippen LogP contribution in [0.4, 0.5) is 4.39 Å². The minimum Gasteiger partial charge on any atom is -0.206 e. The van der Waals surface area contributed by atoms with Crippen LogP contribution in [0.25, 0.3) is 0 Å². The van der Waals surface area contributed by atoms with Gasteiger partial charge in [-0.1, -0.05) is 102 Å². The Bertz CT molecular complexity index is 743. The van der Waals surface area contributed by atoms with Crippen LogP contribution in [-0.2, 0) is 0 Å². The molecule has 0 spiro atoms. The first kappa shape index (κ1) is 23.6. The molecule has 1 saturated carbocycles. The van der Waals surface area contributed by atoms with E-state index >= 15 is 0 Å². The van der Waals surface area contributed by atoms with Crippen molar-refractivity contribution in [1.82, 2.24) is 0 Å². The Balaban J connectivity index is 2.66. The van der Waals surface area contributed by atoms with Crippen LogP contribution >= 0.6 is 0 Å². The van der Waals surface area contributed by atoms with Gasteiger partial charge in [0.15, 0.2) is 0 Å². The largest absolute Gasteiger partial charge is 0.206 e. The molecule has 0 heterocycles. The van der Waals surface area contributed by atoms with Crippen LogP contribution in [0.5, 0.6) is 0 Å². The molecule has 0 nitrogen and oxygen atoms in total. The maximum atomic E-state index is 14.5. The van der Waals surface area contributed by atoms with E-state index < -0.39 is 5.83 Å². The molecule has 0 N–H and O–H groups in total. The molecule has 0 amide bonds. The van der Waals surface area contributed by atoms with Crippen LogP contribution in [0.3, 0.4) is 0 Å². The normalized spacial score (nSPS) is 20.3. The standard InChI is InChI=1S/C27H35F/c1-9-19(2)10-13-22(5)25(8)27(28)18-24(7)21(4)14-15-23(6)26-16-11-20(3)12-17-26/h10,13-15,18,20,26H,2,4-9,11-12,16-17H2,1,3H3/b13-10-,15-14-,27-18+. The zero-order valence-corrected chi connectivity index (χ0v) is 17.7. The lowest BCUT2D eigenvalue weighted by Gasteiger charge is -2.26. The van der Waals surface area contributed by atoms with Gasteiger partial charge >= 0.3 is 0 Å². The monoisotopic (exact) mass is 378 g/mol. The molecule has 0 aliphatic heterocycles. The van der Waals surface area contributed by atoms with Gasteiger partial charge in [-0.25, -0.2) is 4.39 Å². The fraction of sp³-hybridized carbons (Fsp3) is 0.333. The predicted molar refractivity (Wildman–Crippen MR) is 124 cm³/mol. The van der Waals surface area contributed by atoms with E-state index in [0.29, 0.717) is 22.6 Å². The number of halogens is 1. The maximum Gasteiger partial charge on any atom is 0.131 e. The fourth-order valence-corrected chi connectivity index (χ4v) is 3.00. The first-order valence-corrected chi connectivity index (χ1v) is 10.0. The molecular weight excluding hydrogens is 343 g/mol. The van der Waals surface area contributed by atoms with E-state index in [0.717, 1.165) is 23.5 Å². The lowest BCUT2D eigenvalue weighted by molar-refractivity contribution is 0.324. The molecule has 150 valence electrons. The zero-order valence-electron chi connectivity index (χ0n) is 17.7. The van der Waals surface area contributed by atoms with Crippen molar-refractivity contribution in [2.24, 2.45) is 11.8 Å². The van der Waals surface area contributed by atoms with Crippen LogP contribution in [0.1, 0.15) is 46.0 Å². The van der Waals surface area contributed by atoms with Gasteiger partial charge in [-0.15, -0.1) is 0 Å². The summed E-state index contributed by atoms with van der Waals surface area (Å²) < 4.78 is 14.5. The van der Waals surface area contributed by atoms with Crippen LogP contribution in [0.15, 0.2) is 109 Å². The second-order valence-corrected chi connectivity index (χ2v) is 7.76. The number of hydrogen-bond acceptors (Lipinski definition) is 0. The minimum atomic E-state index is -0.462. The average molecular weight is 379 g/mol. The van der Waals surface area contributed by atoms with E-state index in [1.165, 1.54) is 31.8 Å². The van der Waals surface area contributed by atoms with Crippen molar-refractivity contribution in [3.63, 3.8) is 0 Å². The molecule has 1 aliphatic rings. The van der Waals surface area contributed by atoms with E-state index in [9.17, 15) is 4.39 Å². The Labute approximate surface area is 171 Å². The van der Waals surface area contributed by atoms with Crippen molar-refractivity contribution >= 4 is 0 Å². The molecule has 0 aromatic carbocycles. The third kappa shape index (κ3) is 7.68. The number of rotatable bonds is 10. The highest BCUT2D eigenvalue weighted by Gasteiger charge is 2.19. The van der Waals surface area contributed by atoms with E-state index in [1.54, 1.807) is 6.08 Å². The molecular formula is C27H35F. The molecule has 1 fully saturated rings. The molecule has 0 aromatic rings. The molecule has 0 atom stereocenters. The maximum absolute atomic E-state index is 14.5. The molecule has 28 heavy (non-hydrogen) atoms. The summed E-state index contributed by atoms with van der Waals surface area (Å²) in [5.74, 6) is 0.888. The van der Waals surface area contributed by atoms with Crippen molar-refractivity contribution in [2.75, 3.05) is 0 Å². The highest BCUT2D eigenvalue weighted by molar-refractivity contribution is 5.52. The SMILES string of the molecule is C=C(/C=C\C(=C)C(=C)/C(F)=C\C(=C)C(=C)/C=C\C(=C)C1CCC(C)CC1)CC. The summed E-state index contributed by atoms with van der Waals surface area (Å²) in [6.45, 7) is 28.0. The van der Waals surface area contributed by atoms with Gasteiger partial charge in [0.2, 0.25) is 0 Å². The van der Waals surface area contributed by atoms with Crippen LogP contribution in [0.2, 0.25) is 0 Å². The summed E-state index contributed by atoms with van der Waals surface area (Å²) in [5.41, 5.74) is 3.98. The summed E-state index contributed by atoms with van der Waals surface area (Å²) >= 11 is 0.